The number of thiazole rings is 1. The topological polar surface area (TPSA) is 98.0 Å². The number of carbonyl (C=O) groups excluding carboxylic acids is 2. The molecule has 168 valence electrons. The van der Waals surface area contributed by atoms with Crippen molar-refractivity contribution in [3.63, 3.8) is 0 Å². The Labute approximate surface area is 193 Å². The van der Waals surface area contributed by atoms with Crippen LogP contribution in [0.5, 0.6) is 0 Å². The zero-order valence-corrected chi connectivity index (χ0v) is 19.7. The van der Waals surface area contributed by atoms with Crippen molar-refractivity contribution in [3.05, 3.63) is 58.7 Å². The Hall–Kier alpha value is -2.60. The van der Waals surface area contributed by atoms with E-state index in [1.54, 1.807) is 41.8 Å². The number of benzene rings is 1. The van der Waals surface area contributed by atoms with E-state index in [0.29, 0.717) is 29.8 Å². The van der Waals surface area contributed by atoms with E-state index in [1.807, 2.05) is 4.57 Å². The number of hydrogen-bond acceptors (Lipinski definition) is 7. The van der Waals surface area contributed by atoms with Crippen LogP contribution in [0.4, 0.5) is 0 Å². The molecule has 0 spiro atoms. The van der Waals surface area contributed by atoms with Gasteiger partial charge in [-0.15, -0.1) is 17.9 Å². The molecule has 4 rings (SSSR count). The Balaban J connectivity index is 1.74. The molecule has 1 aliphatic heterocycles. The second-order valence-corrected chi connectivity index (χ2v) is 11.2. The number of sulfonamides is 1. The molecule has 1 atom stereocenters. The molecular weight excluding hydrogens is 470 g/mol. The number of carbonyl (C=O) groups is 2. The minimum Gasteiger partial charge on any atom is -0.465 e. The molecular formula is C21H21N3O5S3. The molecule has 0 saturated carbocycles. The summed E-state index contributed by atoms with van der Waals surface area (Å²) < 4.78 is 34.8. The predicted octanol–water partition coefficient (Wildman–Crippen LogP) is 3.02. The Bertz CT molecular complexity index is 1350. The maximum Gasteiger partial charge on any atom is 0.337 e. The highest BCUT2D eigenvalue weighted by Gasteiger charge is 2.39. The molecule has 32 heavy (non-hydrogen) atoms. The predicted molar refractivity (Wildman–Crippen MR) is 123 cm³/mol. The van der Waals surface area contributed by atoms with Gasteiger partial charge in [-0.3, -0.25) is 4.79 Å². The Morgan fingerprint density at radius 2 is 2.16 bits per heavy atom. The van der Waals surface area contributed by atoms with Crippen LogP contribution in [0, 0.1) is 0 Å². The van der Waals surface area contributed by atoms with Gasteiger partial charge in [0.05, 0.1) is 22.9 Å². The van der Waals surface area contributed by atoms with Gasteiger partial charge in [-0.2, -0.15) is 9.30 Å². The van der Waals surface area contributed by atoms with Gasteiger partial charge in [0.15, 0.2) is 4.80 Å². The van der Waals surface area contributed by atoms with Gasteiger partial charge in [-0.05, 0) is 42.5 Å². The molecule has 2 aromatic heterocycles. The third-order valence-corrected chi connectivity index (χ3v) is 9.49. The number of aromatic nitrogens is 1. The van der Waals surface area contributed by atoms with E-state index < -0.39 is 27.9 Å². The fraction of sp³-hybridized carbons (Fsp3) is 0.286. The first-order valence-electron chi connectivity index (χ1n) is 9.83. The standard InChI is InChI=1S/C21H21N3O5S3/c1-3-10-23-15-9-8-14(20(26)29-2)13-17(15)31-21(23)22-19(25)16-6-4-11-24(16)32(27,28)18-7-5-12-30-18/h3,5,7-9,12-13,16H,1,4,6,10-11H2,2H3/t16-/m0/s1. The number of allylic oxidation sites excluding steroid dienone is 1. The molecule has 3 aromatic rings. The summed E-state index contributed by atoms with van der Waals surface area (Å²) in [7, 11) is -2.43. The van der Waals surface area contributed by atoms with Gasteiger partial charge >= 0.3 is 5.97 Å². The quantitative estimate of drug-likeness (QED) is 0.390. The lowest BCUT2D eigenvalue weighted by molar-refractivity contribution is -0.121. The number of nitrogens with zero attached hydrogens (tertiary/aromatic N) is 3. The minimum absolute atomic E-state index is 0.219. The van der Waals surface area contributed by atoms with E-state index in [2.05, 4.69) is 11.6 Å². The van der Waals surface area contributed by atoms with Gasteiger partial charge in [-0.1, -0.05) is 23.5 Å². The van der Waals surface area contributed by atoms with Crippen LogP contribution in [-0.2, 0) is 26.1 Å². The van der Waals surface area contributed by atoms with Crippen LogP contribution in [0.3, 0.4) is 0 Å². The number of amides is 1. The van der Waals surface area contributed by atoms with E-state index in [-0.39, 0.29) is 10.8 Å². The third-order valence-electron chi connectivity index (χ3n) is 5.17. The molecule has 0 bridgehead atoms. The summed E-state index contributed by atoms with van der Waals surface area (Å²) in [5.74, 6) is -0.953. The molecule has 0 aliphatic carbocycles. The van der Waals surface area contributed by atoms with Crippen molar-refractivity contribution in [1.82, 2.24) is 8.87 Å². The van der Waals surface area contributed by atoms with E-state index in [4.69, 9.17) is 4.74 Å². The lowest BCUT2D eigenvalue weighted by Crippen LogP contribution is -2.40. The first-order valence-corrected chi connectivity index (χ1v) is 13.0. The van der Waals surface area contributed by atoms with Crippen molar-refractivity contribution in [2.24, 2.45) is 4.99 Å². The lowest BCUT2D eigenvalue weighted by atomic mass is 10.2. The van der Waals surface area contributed by atoms with Gasteiger partial charge in [0.1, 0.15) is 10.3 Å². The molecule has 0 radical (unpaired) electrons. The summed E-state index contributed by atoms with van der Waals surface area (Å²) >= 11 is 2.38. The first-order chi connectivity index (χ1) is 15.4. The molecule has 1 amide bonds. The van der Waals surface area contributed by atoms with E-state index in [1.165, 1.54) is 22.8 Å². The Kier molecular flexibility index (Phi) is 6.42. The summed E-state index contributed by atoms with van der Waals surface area (Å²) in [5.41, 5.74) is 1.19. The fourth-order valence-corrected chi connectivity index (χ4v) is 7.53. The maximum atomic E-state index is 13.1. The number of methoxy groups -OCH3 is 1. The number of rotatable bonds is 6. The number of fused-ring (bicyclic) bond motifs is 1. The van der Waals surface area contributed by atoms with Crippen LogP contribution in [0.15, 0.2) is 57.6 Å². The third kappa shape index (κ3) is 4.08. The average Bonchev–Trinajstić information content (AvgIpc) is 3.53. The molecule has 1 fully saturated rings. The zero-order chi connectivity index (χ0) is 22.9. The molecule has 0 N–H and O–H groups in total. The van der Waals surface area contributed by atoms with Gasteiger partial charge in [0, 0.05) is 13.1 Å². The average molecular weight is 492 g/mol. The summed E-state index contributed by atoms with van der Waals surface area (Å²) in [4.78, 5) is 29.7. The second kappa shape index (κ2) is 9.10. The summed E-state index contributed by atoms with van der Waals surface area (Å²) in [6.45, 7) is 4.46. The van der Waals surface area contributed by atoms with Gasteiger partial charge in [-0.25, -0.2) is 13.2 Å². The smallest absolute Gasteiger partial charge is 0.337 e. The van der Waals surface area contributed by atoms with Gasteiger partial charge < -0.3 is 9.30 Å². The van der Waals surface area contributed by atoms with Crippen LogP contribution in [0.2, 0.25) is 0 Å². The highest BCUT2D eigenvalue weighted by molar-refractivity contribution is 7.91. The highest BCUT2D eigenvalue weighted by Crippen LogP contribution is 2.29. The fourth-order valence-electron chi connectivity index (χ4n) is 3.68. The van der Waals surface area contributed by atoms with Gasteiger partial charge in [0.2, 0.25) is 0 Å². The first kappa shape index (κ1) is 22.6. The lowest BCUT2D eigenvalue weighted by Gasteiger charge is -2.20. The number of hydrogen-bond donors (Lipinski definition) is 0. The van der Waals surface area contributed by atoms with Crippen molar-refractivity contribution < 1.29 is 22.7 Å². The number of ether oxygens (including phenoxy) is 1. The zero-order valence-electron chi connectivity index (χ0n) is 17.3. The molecule has 0 unspecified atom stereocenters. The largest absolute Gasteiger partial charge is 0.465 e. The maximum absolute atomic E-state index is 13.1. The normalized spacial score (nSPS) is 17.7. The molecule has 1 aromatic carbocycles. The second-order valence-electron chi connectivity index (χ2n) is 7.11. The number of esters is 1. The van der Waals surface area contributed by atoms with Crippen molar-refractivity contribution in [2.75, 3.05) is 13.7 Å². The molecule has 1 saturated heterocycles. The SMILES string of the molecule is C=CCn1c(=NC(=O)[C@@H]2CCCN2S(=O)(=O)c2cccs2)sc2cc(C(=O)OC)ccc21. The summed E-state index contributed by atoms with van der Waals surface area (Å²) in [5, 5.41) is 1.70. The Morgan fingerprint density at radius 1 is 1.34 bits per heavy atom. The van der Waals surface area contributed by atoms with Crippen molar-refractivity contribution in [1.29, 1.82) is 0 Å². The summed E-state index contributed by atoms with van der Waals surface area (Å²) in [6, 6.07) is 7.49. The van der Waals surface area contributed by atoms with Crippen LogP contribution < -0.4 is 4.80 Å². The van der Waals surface area contributed by atoms with Crippen molar-refractivity contribution >= 4 is 54.8 Å². The number of thiophene rings is 1. The van der Waals surface area contributed by atoms with Crippen LogP contribution in [0.25, 0.3) is 10.2 Å². The van der Waals surface area contributed by atoms with Crippen molar-refractivity contribution in [2.45, 2.75) is 29.6 Å². The van der Waals surface area contributed by atoms with Crippen molar-refractivity contribution in [3.8, 4) is 0 Å². The molecule has 11 heteroatoms. The minimum atomic E-state index is -3.74. The van der Waals surface area contributed by atoms with Crippen LogP contribution >= 0.6 is 22.7 Å². The molecule has 8 nitrogen and oxygen atoms in total. The summed E-state index contributed by atoms with van der Waals surface area (Å²) in [6.07, 6.45) is 2.71. The molecule has 3 heterocycles. The van der Waals surface area contributed by atoms with Crippen LogP contribution in [0.1, 0.15) is 23.2 Å². The Morgan fingerprint density at radius 3 is 2.84 bits per heavy atom. The van der Waals surface area contributed by atoms with Crippen LogP contribution in [-0.4, -0.2) is 48.9 Å². The van der Waals surface area contributed by atoms with E-state index in [9.17, 15) is 18.0 Å². The van der Waals surface area contributed by atoms with E-state index >= 15 is 0 Å². The van der Waals surface area contributed by atoms with Gasteiger partial charge in [0.25, 0.3) is 15.9 Å². The van der Waals surface area contributed by atoms with E-state index in [0.717, 1.165) is 21.6 Å². The monoisotopic (exact) mass is 491 g/mol. The molecule has 1 aliphatic rings. The highest BCUT2D eigenvalue weighted by atomic mass is 32.2.